The van der Waals surface area contributed by atoms with Crippen molar-refractivity contribution in [1.29, 1.82) is 0 Å². The fourth-order valence-corrected chi connectivity index (χ4v) is 4.47. The average molecular weight is 360 g/mol. The molecular weight excluding hydrogens is 343 g/mol. The van der Waals surface area contributed by atoms with Gasteiger partial charge in [-0.15, -0.1) is 0 Å². The molecule has 2 aromatic rings. The van der Waals surface area contributed by atoms with Crippen LogP contribution in [0.3, 0.4) is 0 Å². The lowest BCUT2D eigenvalue weighted by Crippen LogP contribution is -2.28. The van der Waals surface area contributed by atoms with Crippen LogP contribution in [0.25, 0.3) is 0 Å². The molecule has 0 fully saturated rings. The summed E-state index contributed by atoms with van der Waals surface area (Å²) in [5, 5.41) is 2.61. The predicted octanol–water partition coefficient (Wildman–Crippen LogP) is 4.02. The van der Waals surface area contributed by atoms with Gasteiger partial charge in [0.15, 0.2) is 0 Å². The van der Waals surface area contributed by atoms with Gasteiger partial charge in [-0.05, 0) is 23.3 Å². The van der Waals surface area contributed by atoms with E-state index >= 15 is 0 Å². The molecule has 0 saturated heterocycles. The van der Waals surface area contributed by atoms with E-state index in [2.05, 4.69) is 10.3 Å². The van der Waals surface area contributed by atoms with Gasteiger partial charge in [0.25, 0.3) is 0 Å². The van der Waals surface area contributed by atoms with E-state index < -0.39 is 0 Å². The van der Waals surface area contributed by atoms with Crippen LogP contribution in [-0.2, 0) is 11.3 Å². The van der Waals surface area contributed by atoms with Crippen LogP contribution in [0.5, 0.6) is 0 Å². The topological polar surface area (TPSA) is 41.5 Å². The zero-order valence-corrected chi connectivity index (χ0v) is 14.6. The molecule has 124 valence electrons. The van der Waals surface area contributed by atoms with Crippen molar-refractivity contribution in [2.45, 2.75) is 11.8 Å². The number of carbonyl (C=O) groups excluding carboxylic acids is 1. The minimum atomic E-state index is -0.337. The number of carbonyl (C=O) groups is 1. The van der Waals surface area contributed by atoms with Crippen LogP contribution in [-0.4, -0.2) is 22.6 Å². The summed E-state index contributed by atoms with van der Waals surface area (Å²) in [7, 11) is 0. The fourth-order valence-electron chi connectivity index (χ4n) is 2.27. The molecule has 0 unspecified atom stereocenters. The second kappa shape index (κ2) is 8.35. The van der Waals surface area contributed by atoms with Crippen molar-refractivity contribution in [1.82, 2.24) is 5.32 Å². The first-order chi connectivity index (χ1) is 11.7. The molecule has 3 rings (SSSR count). The Kier molecular flexibility index (Phi) is 5.93. The second-order valence-electron chi connectivity index (χ2n) is 5.25. The Balaban J connectivity index is 1.69. The largest absolute Gasteiger partial charge is 0.351 e. The molecule has 24 heavy (non-hydrogen) atoms. The normalized spacial score (nSPS) is 15.0. The number of hydrogen-bond donors (Lipinski definition) is 1. The van der Waals surface area contributed by atoms with Crippen LogP contribution in [0, 0.1) is 5.82 Å². The Hall–Kier alpha value is -1.79. The summed E-state index contributed by atoms with van der Waals surface area (Å²) in [6, 6.07) is 15.9. The number of nitrogens with one attached hydrogen (secondary N) is 1. The Morgan fingerprint density at radius 1 is 1.21 bits per heavy atom. The molecule has 0 bridgehead atoms. The van der Waals surface area contributed by atoms with Gasteiger partial charge in [0.05, 0.1) is 6.54 Å². The molecule has 1 aliphatic heterocycles. The maximum Gasteiger partial charge on any atom is 0.238 e. The molecular formula is C18H17FN2OS2. The van der Waals surface area contributed by atoms with Gasteiger partial charge in [-0.1, -0.05) is 66.0 Å². The zero-order valence-electron chi connectivity index (χ0n) is 12.9. The summed E-state index contributed by atoms with van der Waals surface area (Å²) in [4.78, 5) is 17.1. The second-order valence-corrected chi connectivity index (χ2v) is 7.68. The van der Waals surface area contributed by atoms with E-state index in [1.165, 1.54) is 23.9 Å². The molecule has 0 spiro atoms. The van der Waals surface area contributed by atoms with E-state index in [4.69, 9.17) is 0 Å². The quantitative estimate of drug-likeness (QED) is 0.876. The van der Waals surface area contributed by atoms with Gasteiger partial charge in [0, 0.05) is 12.3 Å². The molecule has 2 aromatic carbocycles. The summed E-state index contributed by atoms with van der Waals surface area (Å²) in [5.74, 6) is 0.630. The number of nitrogens with zero attached hydrogens (tertiary/aromatic N) is 1. The van der Waals surface area contributed by atoms with Crippen molar-refractivity contribution >= 4 is 33.8 Å². The maximum atomic E-state index is 13.0. The Bertz CT molecular complexity index is 720. The molecule has 0 aliphatic carbocycles. The highest BCUT2D eigenvalue weighted by molar-refractivity contribution is 8.39. The first kappa shape index (κ1) is 17.0. The molecule has 6 heteroatoms. The number of rotatable bonds is 5. The highest BCUT2D eigenvalue weighted by atomic mass is 32.2. The van der Waals surface area contributed by atoms with Crippen LogP contribution in [0.1, 0.15) is 16.4 Å². The molecule has 0 saturated carbocycles. The predicted molar refractivity (Wildman–Crippen MR) is 99.8 cm³/mol. The number of amides is 1. The molecule has 1 N–H and O–H groups in total. The van der Waals surface area contributed by atoms with Crippen LogP contribution in [0.15, 0.2) is 59.6 Å². The van der Waals surface area contributed by atoms with Crippen LogP contribution in [0.2, 0.25) is 0 Å². The van der Waals surface area contributed by atoms with Crippen molar-refractivity contribution < 1.29 is 9.18 Å². The van der Waals surface area contributed by atoms with Gasteiger partial charge in [-0.3, -0.25) is 9.79 Å². The SMILES string of the molecule is O=C(NCc1ccc(F)cc1)[C@@H](SC1=NCCS1)c1ccccc1. The highest BCUT2D eigenvalue weighted by Crippen LogP contribution is 2.35. The third-order valence-corrected chi connectivity index (χ3v) is 5.95. The minimum Gasteiger partial charge on any atom is -0.351 e. The van der Waals surface area contributed by atoms with Gasteiger partial charge in [0.2, 0.25) is 5.91 Å². The van der Waals surface area contributed by atoms with Crippen LogP contribution in [0.4, 0.5) is 4.39 Å². The van der Waals surface area contributed by atoms with E-state index in [1.54, 1.807) is 23.9 Å². The van der Waals surface area contributed by atoms with E-state index in [0.717, 1.165) is 27.8 Å². The fraction of sp³-hybridized carbons (Fsp3) is 0.222. The summed E-state index contributed by atoms with van der Waals surface area (Å²) < 4.78 is 13.9. The molecule has 1 atom stereocenters. The smallest absolute Gasteiger partial charge is 0.238 e. The van der Waals surface area contributed by atoms with Crippen molar-refractivity contribution in [3.8, 4) is 0 Å². The summed E-state index contributed by atoms with van der Waals surface area (Å²) in [6.45, 7) is 1.19. The van der Waals surface area contributed by atoms with Crippen molar-refractivity contribution in [2.75, 3.05) is 12.3 Å². The van der Waals surface area contributed by atoms with E-state index in [-0.39, 0.29) is 17.0 Å². The average Bonchev–Trinajstić information content (AvgIpc) is 3.13. The number of benzene rings is 2. The standard InChI is InChI=1S/C18H17FN2OS2/c19-15-8-6-13(7-9-15)12-21-17(22)16(14-4-2-1-3-5-14)24-18-20-10-11-23-18/h1-9,16H,10-12H2,(H,21,22)/t16-/m0/s1. The third kappa shape index (κ3) is 4.61. The van der Waals surface area contributed by atoms with Crippen LogP contribution >= 0.6 is 23.5 Å². The number of aliphatic imine (C=N–C) groups is 1. The Morgan fingerprint density at radius 3 is 2.62 bits per heavy atom. The lowest BCUT2D eigenvalue weighted by atomic mass is 10.1. The molecule has 3 nitrogen and oxygen atoms in total. The molecule has 1 aliphatic rings. The monoisotopic (exact) mass is 360 g/mol. The Labute approximate surface area is 149 Å². The van der Waals surface area contributed by atoms with E-state index in [1.807, 2.05) is 30.3 Å². The van der Waals surface area contributed by atoms with Gasteiger partial charge in [0.1, 0.15) is 15.4 Å². The van der Waals surface area contributed by atoms with E-state index in [9.17, 15) is 9.18 Å². The van der Waals surface area contributed by atoms with Crippen molar-refractivity contribution in [3.05, 3.63) is 71.5 Å². The summed E-state index contributed by atoms with van der Waals surface area (Å²) in [5.41, 5.74) is 1.82. The third-order valence-electron chi connectivity index (χ3n) is 3.50. The molecule has 0 radical (unpaired) electrons. The summed E-state index contributed by atoms with van der Waals surface area (Å²) in [6.07, 6.45) is 0. The lowest BCUT2D eigenvalue weighted by molar-refractivity contribution is -0.120. The molecule has 0 aromatic heterocycles. The van der Waals surface area contributed by atoms with Gasteiger partial charge in [-0.2, -0.15) is 0 Å². The van der Waals surface area contributed by atoms with Gasteiger partial charge in [-0.25, -0.2) is 4.39 Å². The molecule has 1 heterocycles. The van der Waals surface area contributed by atoms with E-state index in [0.29, 0.717) is 6.54 Å². The lowest BCUT2D eigenvalue weighted by Gasteiger charge is -2.16. The van der Waals surface area contributed by atoms with Crippen molar-refractivity contribution in [3.63, 3.8) is 0 Å². The van der Waals surface area contributed by atoms with Crippen molar-refractivity contribution in [2.24, 2.45) is 4.99 Å². The van der Waals surface area contributed by atoms with Gasteiger partial charge >= 0.3 is 0 Å². The first-order valence-electron chi connectivity index (χ1n) is 7.63. The summed E-state index contributed by atoms with van der Waals surface area (Å²) >= 11 is 3.18. The number of thioether (sulfide) groups is 2. The molecule has 1 amide bonds. The van der Waals surface area contributed by atoms with Crippen LogP contribution < -0.4 is 5.32 Å². The van der Waals surface area contributed by atoms with Gasteiger partial charge < -0.3 is 5.32 Å². The number of halogens is 1. The minimum absolute atomic E-state index is 0.0641. The zero-order chi connectivity index (χ0) is 16.8. The Morgan fingerprint density at radius 2 is 1.96 bits per heavy atom. The highest BCUT2D eigenvalue weighted by Gasteiger charge is 2.24. The number of hydrogen-bond acceptors (Lipinski definition) is 4. The first-order valence-corrected chi connectivity index (χ1v) is 9.50. The maximum absolute atomic E-state index is 13.0.